The zero-order chi connectivity index (χ0) is 23.3. The van der Waals surface area contributed by atoms with Gasteiger partial charge in [0.2, 0.25) is 0 Å². The lowest BCUT2D eigenvalue weighted by Crippen LogP contribution is -2.34. The summed E-state index contributed by atoms with van der Waals surface area (Å²) < 4.78 is 12.3. The van der Waals surface area contributed by atoms with Crippen LogP contribution in [0.4, 0.5) is 5.69 Å². The van der Waals surface area contributed by atoms with E-state index in [1.165, 1.54) is 25.7 Å². The summed E-state index contributed by atoms with van der Waals surface area (Å²) in [6.45, 7) is 7.68. The molecule has 0 aliphatic carbocycles. The van der Waals surface area contributed by atoms with Crippen LogP contribution in [0, 0.1) is 5.92 Å². The first-order valence-corrected chi connectivity index (χ1v) is 12.4. The van der Waals surface area contributed by atoms with E-state index in [0.717, 1.165) is 22.3 Å². The maximum absolute atomic E-state index is 12.6. The normalized spacial score (nSPS) is 10.7. The molecule has 1 amide bonds. The Balaban J connectivity index is 1.84. The number of thiocarbonyl (C=S) groups is 1. The van der Waals surface area contributed by atoms with E-state index in [0.29, 0.717) is 30.4 Å². The van der Waals surface area contributed by atoms with Gasteiger partial charge in [-0.3, -0.25) is 10.1 Å². The lowest BCUT2D eigenvalue weighted by atomic mass is 10.2. The molecule has 0 aliphatic rings. The van der Waals surface area contributed by atoms with Gasteiger partial charge >= 0.3 is 0 Å². The van der Waals surface area contributed by atoms with Crippen molar-refractivity contribution in [2.24, 2.45) is 5.92 Å². The van der Waals surface area contributed by atoms with E-state index in [1.807, 2.05) is 24.3 Å². The molecule has 0 unspecified atom stereocenters. The molecular formula is C25H33BrN2O3S. The number of rotatable bonds is 12. The van der Waals surface area contributed by atoms with Gasteiger partial charge in [0.15, 0.2) is 5.11 Å². The van der Waals surface area contributed by atoms with Crippen molar-refractivity contribution in [3.63, 3.8) is 0 Å². The van der Waals surface area contributed by atoms with E-state index in [-0.39, 0.29) is 11.0 Å². The summed E-state index contributed by atoms with van der Waals surface area (Å²) in [5.41, 5.74) is 1.25. The number of nitrogens with one attached hydrogen (secondary N) is 2. The van der Waals surface area contributed by atoms with Crippen LogP contribution in [0.3, 0.4) is 0 Å². The van der Waals surface area contributed by atoms with E-state index >= 15 is 0 Å². The monoisotopic (exact) mass is 520 g/mol. The van der Waals surface area contributed by atoms with Gasteiger partial charge in [-0.25, -0.2) is 0 Å². The quantitative estimate of drug-likeness (QED) is 0.234. The number of ether oxygens (including phenoxy) is 2. The summed E-state index contributed by atoms with van der Waals surface area (Å²) in [5.74, 6) is 1.61. The first-order valence-electron chi connectivity index (χ1n) is 11.2. The van der Waals surface area contributed by atoms with Crippen LogP contribution >= 0.6 is 28.1 Å². The molecule has 0 aliphatic heterocycles. The molecule has 0 heterocycles. The lowest BCUT2D eigenvalue weighted by Gasteiger charge is -2.13. The van der Waals surface area contributed by atoms with Crippen LogP contribution in [0.25, 0.3) is 0 Å². The lowest BCUT2D eigenvalue weighted by molar-refractivity contribution is 0.0977. The van der Waals surface area contributed by atoms with Gasteiger partial charge in [-0.05, 0) is 70.8 Å². The topological polar surface area (TPSA) is 59.6 Å². The highest BCUT2D eigenvalue weighted by atomic mass is 79.9. The Morgan fingerprint density at radius 2 is 1.84 bits per heavy atom. The zero-order valence-electron chi connectivity index (χ0n) is 19.1. The maximum Gasteiger partial charge on any atom is 0.257 e. The fourth-order valence-electron chi connectivity index (χ4n) is 2.91. The molecule has 2 rings (SSSR count). The summed E-state index contributed by atoms with van der Waals surface area (Å²) >= 11 is 8.78. The van der Waals surface area contributed by atoms with E-state index in [9.17, 15) is 4.79 Å². The van der Waals surface area contributed by atoms with Gasteiger partial charge in [0, 0.05) is 17.3 Å². The largest absolute Gasteiger partial charge is 0.494 e. The molecule has 174 valence electrons. The van der Waals surface area contributed by atoms with Crippen LogP contribution in [0.5, 0.6) is 11.5 Å². The van der Waals surface area contributed by atoms with Crippen molar-refractivity contribution in [3.8, 4) is 11.5 Å². The number of carbonyl (C=O) groups excluding carboxylic acids is 1. The average molecular weight is 522 g/mol. The van der Waals surface area contributed by atoms with E-state index in [4.69, 9.17) is 21.7 Å². The van der Waals surface area contributed by atoms with Crippen LogP contribution in [-0.2, 0) is 0 Å². The minimum atomic E-state index is -0.293. The highest BCUT2D eigenvalue weighted by molar-refractivity contribution is 9.10. The Hall–Kier alpha value is -2.12. The smallest absolute Gasteiger partial charge is 0.257 e. The molecular weight excluding hydrogens is 488 g/mol. The molecule has 7 heteroatoms. The number of anilines is 1. The molecule has 0 saturated carbocycles. The second-order valence-corrected chi connectivity index (χ2v) is 9.31. The van der Waals surface area contributed by atoms with Gasteiger partial charge in [0.05, 0.1) is 17.7 Å². The number of amides is 1. The number of hydrogen-bond donors (Lipinski definition) is 2. The minimum absolute atomic E-state index is 0.225. The van der Waals surface area contributed by atoms with E-state index < -0.39 is 0 Å². The molecule has 0 fully saturated rings. The number of carbonyl (C=O) groups is 1. The van der Waals surface area contributed by atoms with Crippen LogP contribution in [-0.4, -0.2) is 24.2 Å². The summed E-state index contributed by atoms with van der Waals surface area (Å²) in [5, 5.41) is 5.98. The molecule has 32 heavy (non-hydrogen) atoms. The Kier molecular flexibility index (Phi) is 11.5. The summed E-state index contributed by atoms with van der Waals surface area (Å²) in [4.78, 5) is 12.6. The Labute approximate surface area is 205 Å². The van der Waals surface area contributed by atoms with Gasteiger partial charge in [-0.2, -0.15) is 0 Å². The molecule has 0 spiro atoms. The average Bonchev–Trinajstić information content (AvgIpc) is 2.75. The van der Waals surface area contributed by atoms with Crippen molar-refractivity contribution in [2.45, 2.75) is 52.9 Å². The fraction of sp³-hybridized carbons (Fsp3) is 0.440. The molecule has 0 aromatic heterocycles. The number of unbranched alkanes of at least 4 members (excludes halogenated alkanes) is 4. The third-order valence-electron chi connectivity index (χ3n) is 4.60. The fourth-order valence-corrected chi connectivity index (χ4v) is 3.62. The predicted octanol–water partition coefficient (Wildman–Crippen LogP) is 6.96. The van der Waals surface area contributed by atoms with E-state index in [2.05, 4.69) is 47.3 Å². The van der Waals surface area contributed by atoms with Gasteiger partial charge in [0.1, 0.15) is 11.5 Å². The number of halogens is 1. The summed E-state index contributed by atoms with van der Waals surface area (Å²) in [7, 11) is 0. The van der Waals surface area contributed by atoms with Crippen LogP contribution in [0.1, 0.15) is 63.2 Å². The molecule has 0 bridgehead atoms. The van der Waals surface area contributed by atoms with Crippen molar-refractivity contribution >= 4 is 44.9 Å². The minimum Gasteiger partial charge on any atom is -0.494 e. The molecule has 0 saturated heterocycles. The van der Waals surface area contributed by atoms with Crippen molar-refractivity contribution in [2.75, 3.05) is 18.5 Å². The third kappa shape index (κ3) is 9.57. The summed E-state index contributed by atoms with van der Waals surface area (Å²) in [6.07, 6.45) is 5.99. The highest BCUT2D eigenvalue weighted by Crippen LogP contribution is 2.26. The van der Waals surface area contributed by atoms with Crippen molar-refractivity contribution in [3.05, 3.63) is 52.5 Å². The Morgan fingerprint density at radius 3 is 2.56 bits per heavy atom. The second-order valence-electron chi connectivity index (χ2n) is 8.05. The zero-order valence-corrected chi connectivity index (χ0v) is 21.5. The molecule has 0 radical (unpaired) electrons. The van der Waals surface area contributed by atoms with Crippen molar-refractivity contribution in [1.29, 1.82) is 0 Å². The maximum atomic E-state index is 12.6. The van der Waals surface area contributed by atoms with Crippen LogP contribution < -0.4 is 20.1 Å². The molecule has 2 aromatic carbocycles. The molecule has 5 nitrogen and oxygen atoms in total. The molecule has 2 N–H and O–H groups in total. The van der Waals surface area contributed by atoms with Crippen molar-refractivity contribution < 1.29 is 14.3 Å². The van der Waals surface area contributed by atoms with Gasteiger partial charge in [-0.15, -0.1) is 0 Å². The number of hydrogen-bond acceptors (Lipinski definition) is 4. The molecule has 0 atom stereocenters. The molecule has 2 aromatic rings. The standard InChI is InChI=1S/C25H33BrN2O3S/c1-4-5-6-7-8-14-30-21-11-9-10-20(16-21)27-25(32)28-24(29)19-12-13-23(22(26)15-19)31-17-18(2)3/h9-13,15-16,18H,4-8,14,17H2,1-3H3,(H2,27,28,29,32). The van der Waals surface area contributed by atoms with Gasteiger partial charge in [0.25, 0.3) is 5.91 Å². The Morgan fingerprint density at radius 1 is 1.06 bits per heavy atom. The van der Waals surface area contributed by atoms with E-state index in [1.54, 1.807) is 18.2 Å². The van der Waals surface area contributed by atoms with Crippen molar-refractivity contribution in [1.82, 2.24) is 5.32 Å². The SMILES string of the molecule is CCCCCCCOc1cccc(NC(=S)NC(=O)c2ccc(OCC(C)C)c(Br)c2)c1. The Bertz CT molecular complexity index is 889. The van der Waals surface area contributed by atoms with Gasteiger partial charge < -0.3 is 14.8 Å². The first kappa shape index (κ1) is 26.1. The highest BCUT2D eigenvalue weighted by Gasteiger charge is 2.12. The third-order valence-corrected chi connectivity index (χ3v) is 5.43. The number of benzene rings is 2. The van der Waals surface area contributed by atoms with Gasteiger partial charge in [-0.1, -0.05) is 52.5 Å². The van der Waals surface area contributed by atoms with Crippen LogP contribution in [0.15, 0.2) is 46.9 Å². The predicted molar refractivity (Wildman–Crippen MR) is 139 cm³/mol. The van der Waals surface area contributed by atoms with Crippen LogP contribution in [0.2, 0.25) is 0 Å². The summed E-state index contributed by atoms with van der Waals surface area (Å²) in [6, 6.07) is 12.8. The first-order chi connectivity index (χ1) is 15.4. The second kappa shape index (κ2) is 14.1.